The first-order valence-corrected chi connectivity index (χ1v) is 8.67. The van der Waals surface area contributed by atoms with Crippen molar-refractivity contribution in [3.63, 3.8) is 0 Å². The Balaban J connectivity index is 1.66. The molecule has 1 aliphatic heterocycles. The molecular formula is C19H23N3O3. The molecule has 1 N–H and O–H groups in total. The quantitative estimate of drug-likeness (QED) is 0.922. The second-order valence-electron chi connectivity index (χ2n) is 6.62. The average Bonchev–Trinajstić information content (AvgIpc) is 2.86. The molecule has 0 unspecified atom stereocenters. The summed E-state index contributed by atoms with van der Waals surface area (Å²) in [6.07, 6.45) is 4.38. The molecule has 1 aromatic carbocycles. The molecule has 1 aliphatic rings. The largest absolute Gasteiger partial charge is 0.341 e. The number of carbonyl (C=O) groups is 1. The molecule has 0 radical (unpaired) electrons. The molecule has 1 atom stereocenters. The van der Waals surface area contributed by atoms with E-state index in [4.69, 9.17) is 0 Å². The molecule has 1 aromatic heterocycles. The molecule has 1 fully saturated rings. The average molecular weight is 341 g/mol. The number of hydrogen-bond donors (Lipinski definition) is 1. The molecule has 0 spiro atoms. The van der Waals surface area contributed by atoms with Crippen LogP contribution in [0.1, 0.15) is 36.3 Å². The fourth-order valence-electron chi connectivity index (χ4n) is 3.39. The van der Waals surface area contributed by atoms with Crippen molar-refractivity contribution in [2.24, 2.45) is 0 Å². The topological polar surface area (TPSA) is 75.2 Å². The van der Waals surface area contributed by atoms with Gasteiger partial charge in [0.15, 0.2) is 0 Å². The van der Waals surface area contributed by atoms with Crippen LogP contribution >= 0.6 is 0 Å². The highest BCUT2D eigenvalue weighted by Crippen LogP contribution is 2.27. The zero-order valence-corrected chi connectivity index (χ0v) is 14.4. The van der Waals surface area contributed by atoms with Crippen molar-refractivity contribution in [1.29, 1.82) is 0 Å². The monoisotopic (exact) mass is 341 g/mol. The molecule has 2 heterocycles. The van der Waals surface area contributed by atoms with E-state index in [0.29, 0.717) is 24.6 Å². The lowest BCUT2D eigenvalue weighted by molar-refractivity contribution is -0.131. The van der Waals surface area contributed by atoms with Crippen LogP contribution in [0.3, 0.4) is 0 Å². The number of benzene rings is 1. The maximum absolute atomic E-state index is 12.6. The number of hydrogen-bond acceptors (Lipinski definition) is 3. The number of H-pyrrole nitrogens is 1. The van der Waals surface area contributed by atoms with E-state index in [1.165, 1.54) is 16.3 Å². The first kappa shape index (κ1) is 17.2. The lowest BCUT2D eigenvalue weighted by Crippen LogP contribution is -2.39. The third kappa shape index (κ3) is 4.07. The van der Waals surface area contributed by atoms with Crippen molar-refractivity contribution in [3.05, 3.63) is 68.5 Å². The van der Waals surface area contributed by atoms with Crippen LogP contribution in [-0.2, 0) is 11.3 Å². The fourth-order valence-corrected chi connectivity index (χ4v) is 3.39. The molecule has 132 valence electrons. The first-order valence-electron chi connectivity index (χ1n) is 8.67. The minimum atomic E-state index is -0.541. The number of rotatable bonds is 3. The Morgan fingerprint density at radius 2 is 1.92 bits per heavy atom. The van der Waals surface area contributed by atoms with Crippen molar-refractivity contribution in [2.75, 3.05) is 13.1 Å². The van der Waals surface area contributed by atoms with Crippen LogP contribution < -0.4 is 11.2 Å². The lowest BCUT2D eigenvalue weighted by Gasteiger charge is -2.21. The van der Waals surface area contributed by atoms with Gasteiger partial charge in [0, 0.05) is 24.8 Å². The summed E-state index contributed by atoms with van der Waals surface area (Å²) in [6, 6.07) is 10.4. The molecular weight excluding hydrogens is 318 g/mol. The molecule has 25 heavy (non-hydrogen) atoms. The first-order chi connectivity index (χ1) is 12.0. The molecule has 6 heteroatoms. The Kier molecular flexibility index (Phi) is 5.16. The van der Waals surface area contributed by atoms with Crippen LogP contribution in [0.5, 0.6) is 0 Å². The molecule has 1 saturated heterocycles. The summed E-state index contributed by atoms with van der Waals surface area (Å²) < 4.78 is 1.28. The van der Waals surface area contributed by atoms with E-state index >= 15 is 0 Å². The molecule has 6 nitrogen and oxygen atoms in total. The number of nitrogens with zero attached hydrogens (tertiary/aromatic N) is 2. The third-order valence-electron chi connectivity index (χ3n) is 4.85. The van der Waals surface area contributed by atoms with E-state index in [1.54, 1.807) is 6.92 Å². The second-order valence-corrected chi connectivity index (χ2v) is 6.62. The van der Waals surface area contributed by atoms with Crippen LogP contribution in [0.15, 0.2) is 46.1 Å². The van der Waals surface area contributed by atoms with Gasteiger partial charge in [0.2, 0.25) is 5.91 Å². The Bertz CT molecular complexity index is 854. The zero-order valence-electron chi connectivity index (χ0n) is 14.4. The number of aryl methyl sites for hydroxylation is 1. The van der Waals surface area contributed by atoms with Gasteiger partial charge in [-0.25, -0.2) is 4.79 Å². The normalized spacial score (nSPS) is 18.0. The summed E-state index contributed by atoms with van der Waals surface area (Å²) >= 11 is 0. The van der Waals surface area contributed by atoms with Crippen LogP contribution in [0.2, 0.25) is 0 Å². The summed E-state index contributed by atoms with van der Waals surface area (Å²) in [5, 5.41) is 0. The van der Waals surface area contributed by atoms with Gasteiger partial charge >= 0.3 is 5.69 Å². The van der Waals surface area contributed by atoms with Crippen molar-refractivity contribution in [1.82, 2.24) is 14.5 Å². The molecule has 0 aliphatic carbocycles. The predicted molar refractivity (Wildman–Crippen MR) is 95.7 cm³/mol. The van der Waals surface area contributed by atoms with Crippen LogP contribution in [0, 0.1) is 6.92 Å². The van der Waals surface area contributed by atoms with Crippen molar-refractivity contribution >= 4 is 5.91 Å². The van der Waals surface area contributed by atoms with Crippen LogP contribution in [0.4, 0.5) is 0 Å². The Morgan fingerprint density at radius 3 is 2.68 bits per heavy atom. The van der Waals surface area contributed by atoms with E-state index < -0.39 is 11.2 Å². The van der Waals surface area contributed by atoms with Gasteiger partial charge in [0.1, 0.15) is 6.54 Å². The molecule has 0 bridgehead atoms. The third-order valence-corrected chi connectivity index (χ3v) is 4.85. The van der Waals surface area contributed by atoms with Gasteiger partial charge < -0.3 is 4.90 Å². The molecule has 0 saturated carbocycles. The highest BCUT2D eigenvalue weighted by Gasteiger charge is 2.22. The summed E-state index contributed by atoms with van der Waals surface area (Å²) in [7, 11) is 0. The SMILES string of the molecule is Cc1cn(CC(=O)N2CCC[C@H](c3ccccc3)CC2)c(=O)[nH]c1=O. The van der Waals surface area contributed by atoms with Crippen molar-refractivity contribution in [2.45, 2.75) is 38.6 Å². The van der Waals surface area contributed by atoms with Gasteiger partial charge in [0.25, 0.3) is 5.56 Å². The summed E-state index contributed by atoms with van der Waals surface area (Å²) in [5.41, 5.74) is 0.798. The maximum atomic E-state index is 12.6. The summed E-state index contributed by atoms with van der Waals surface area (Å²) in [5.74, 6) is 0.388. The highest BCUT2D eigenvalue weighted by atomic mass is 16.2. The Morgan fingerprint density at radius 1 is 1.16 bits per heavy atom. The lowest BCUT2D eigenvalue weighted by atomic mass is 9.92. The van der Waals surface area contributed by atoms with Gasteiger partial charge in [-0.2, -0.15) is 0 Å². The van der Waals surface area contributed by atoms with Gasteiger partial charge in [-0.1, -0.05) is 30.3 Å². The van der Waals surface area contributed by atoms with Crippen molar-refractivity contribution in [3.8, 4) is 0 Å². The van der Waals surface area contributed by atoms with Gasteiger partial charge in [-0.05, 0) is 37.7 Å². The second kappa shape index (κ2) is 7.51. The Labute approximate surface area is 146 Å². The summed E-state index contributed by atoms with van der Waals surface area (Å²) in [6.45, 7) is 2.98. The number of aromatic amines is 1. The number of nitrogens with one attached hydrogen (secondary N) is 1. The van der Waals surface area contributed by atoms with Crippen LogP contribution in [0.25, 0.3) is 0 Å². The van der Waals surface area contributed by atoms with E-state index in [-0.39, 0.29) is 12.5 Å². The number of aromatic nitrogens is 2. The van der Waals surface area contributed by atoms with Crippen molar-refractivity contribution < 1.29 is 4.79 Å². The van der Waals surface area contributed by atoms with E-state index in [1.807, 2.05) is 23.1 Å². The predicted octanol–water partition coefficient (Wildman–Crippen LogP) is 1.64. The maximum Gasteiger partial charge on any atom is 0.328 e. The van der Waals surface area contributed by atoms with Gasteiger partial charge in [-0.3, -0.25) is 19.1 Å². The molecule has 1 amide bonds. The van der Waals surface area contributed by atoms with E-state index in [2.05, 4.69) is 17.1 Å². The Hall–Kier alpha value is -2.63. The van der Waals surface area contributed by atoms with Crippen LogP contribution in [-0.4, -0.2) is 33.4 Å². The number of amides is 1. The zero-order chi connectivity index (χ0) is 17.8. The number of carbonyl (C=O) groups excluding carboxylic acids is 1. The highest BCUT2D eigenvalue weighted by molar-refractivity contribution is 5.76. The smallest absolute Gasteiger partial charge is 0.328 e. The van der Waals surface area contributed by atoms with Gasteiger partial charge in [0.05, 0.1) is 0 Å². The van der Waals surface area contributed by atoms with E-state index in [0.717, 1.165) is 19.3 Å². The minimum absolute atomic E-state index is 0.0353. The molecule has 2 aromatic rings. The van der Waals surface area contributed by atoms with Gasteiger partial charge in [-0.15, -0.1) is 0 Å². The fraction of sp³-hybridized carbons (Fsp3) is 0.421. The summed E-state index contributed by atoms with van der Waals surface area (Å²) in [4.78, 5) is 39.9. The molecule has 3 rings (SSSR count). The van der Waals surface area contributed by atoms with E-state index in [9.17, 15) is 14.4 Å². The minimum Gasteiger partial charge on any atom is -0.341 e. The standard InChI is InChI=1S/C19H23N3O3/c1-14-12-22(19(25)20-18(14)24)13-17(23)21-10-5-8-16(9-11-21)15-6-3-2-4-7-15/h2-4,6-7,12,16H,5,8-11,13H2,1H3,(H,20,24,25)/t16-/m0/s1. The number of likely N-dealkylation sites (tertiary alicyclic amines) is 1.